The van der Waals surface area contributed by atoms with E-state index in [1.54, 1.807) is 12.3 Å². The molecule has 3 rings (SSSR count). The largest absolute Gasteiger partial charge is 0.472 e. The van der Waals surface area contributed by atoms with Crippen LogP contribution in [0, 0.1) is 0 Å². The molecule has 1 aromatic carbocycles. The molecule has 0 N–H and O–H groups in total. The summed E-state index contributed by atoms with van der Waals surface area (Å²) in [6.45, 7) is 0.598. The minimum absolute atomic E-state index is 0.129. The molecule has 26 heavy (non-hydrogen) atoms. The Kier molecular flexibility index (Phi) is 5.59. The van der Waals surface area contributed by atoms with E-state index in [1.165, 1.54) is 35.7 Å². The van der Waals surface area contributed by atoms with E-state index in [2.05, 4.69) is 25.7 Å². The van der Waals surface area contributed by atoms with E-state index in [9.17, 15) is 13.2 Å². The second-order valence-electron chi connectivity index (χ2n) is 5.70. The summed E-state index contributed by atoms with van der Waals surface area (Å²) < 4.78 is 38.1. The number of carbonyl (C=O) groups excluding carboxylic acids is 1. The number of hydrogen-bond acceptors (Lipinski definition) is 6. The molecule has 1 saturated heterocycles. The zero-order valence-corrected chi connectivity index (χ0v) is 16.4. The number of carbonyl (C=O) groups is 1. The van der Waals surface area contributed by atoms with E-state index in [0.29, 0.717) is 24.4 Å². The van der Waals surface area contributed by atoms with E-state index < -0.39 is 16.0 Å². The fraction of sp³-hybridized carbons (Fsp3) is 0.294. The summed E-state index contributed by atoms with van der Waals surface area (Å²) in [6.07, 6.45) is 1.92. The third-order valence-corrected chi connectivity index (χ3v) is 6.51. The molecule has 7 nitrogen and oxygen atoms in total. The van der Waals surface area contributed by atoms with Gasteiger partial charge < -0.3 is 9.47 Å². The Balaban J connectivity index is 1.71. The van der Waals surface area contributed by atoms with E-state index in [1.807, 2.05) is 6.07 Å². The van der Waals surface area contributed by atoms with E-state index in [-0.39, 0.29) is 17.5 Å². The predicted molar refractivity (Wildman–Crippen MR) is 97.5 cm³/mol. The molecule has 0 amide bonds. The van der Waals surface area contributed by atoms with Crippen LogP contribution in [-0.4, -0.2) is 50.0 Å². The molecular formula is C17H17BrN2O5S. The van der Waals surface area contributed by atoms with Gasteiger partial charge in [0.2, 0.25) is 15.9 Å². The Labute approximate surface area is 160 Å². The Morgan fingerprint density at radius 1 is 1.27 bits per heavy atom. The van der Waals surface area contributed by atoms with Crippen molar-refractivity contribution in [3.05, 3.63) is 52.6 Å². The number of benzene rings is 1. The molecule has 0 saturated carbocycles. The highest BCUT2D eigenvalue weighted by Crippen LogP contribution is 2.27. The number of halogens is 1. The zero-order chi connectivity index (χ0) is 18.7. The Bertz CT molecular complexity index is 902. The van der Waals surface area contributed by atoms with Gasteiger partial charge in [-0.2, -0.15) is 4.31 Å². The molecule has 1 aliphatic rings. The van der Waals surface area contributed by atoms with Gasteiger partial charge in [-0.15, -0.1) is 0 Å². The van der Waals surface area contributed by atoms with Crippen LogP contribution in [0.15, 0.2) is 52.0 Å². The maximum Gasteiger partial charge on any atom is 0.337 e. The van der Waals surface area contributed by atoms with Crippen molar-refractivity contribution in [3.8, 4) is 5.88 Å². The van der Waals surface area contributed by atoms with Crippen LogP contribution in [0.25, 0.3) is 0 Å². The maximum absolute atomic E-state index is 12.8. The van der Waals surface area contributed by atoms with E-state index >= 15 is 0 Å². The molecular weight excluding hydrogens is 424 g/mol. The van der Waals surface area contributed by atoms with Crippen LogP contribution in [0.3, 0.4) is 0 Å². The minimum atomic E-state index is -3.65. The number of pyridine rings is 1. The third kappa shape index (κ3) is 3.89. The van der Waals surface area contributed by atoms with Crippen LogP contribution in [0.5, 0.6) is 5.88 Å². The highest BCUT2D eigenvalue weighted by molar-refractivity contribution is 9.10. The number of sulfonamides is 1. The number of methoxy groups -OCH3 is 1. The summed E-state index contributed by atoms with van der Waals surface area (Å²) in [5.41, 5.74) is 0.300. The number of hydrogen-bond donors (Lipinski definition) is 0. The summed E-state index contributed by atoms with van der Waals surface area (Å²) in [5, 5.41) is 0. The molecule has 0 aliphatic carbocycles. The number of rotatable bonds is 5. The summed E-state index contributed by atoms with van der Waals surface area (Å²) in [6, 6.07) is 9.28. The van der Waals surface area contributed by atoms with Crippen molar-refractivity contribution in [2.24, 2.45) is 0 Å². The van der Waals surface area contributed by atoms with Crippen molar-refractivity contribution in [2.75, 3.05) is 20.2 Å². The highest BCUT2D eigenvalue weighted by Gasteiger charge is 2.34. The van der Waals surface area contributed by atoms with Gasteiger partial charge in [0.05, 0.1) is 28.6 Å². The van der Waals surface area contributed by atoms with Crippen molar-refractivity contribution in [1.29, 1.82) is 0 Å². The van der Waals surface area contributed by atoms with Gasteiger partial charge in [0.15, 0.2) is 0 Å². The fourth-order valence-corrected chi connectivity index (χ4v) is 4.49. The molecule has 1 atom stereocenters. The number of nitrogens with zero attached hydrogens (tertiary/aromatic N) is 2. The first kappa shape index (κ1) is 18.8. The summed E-state index contributed by atoms with van der Waals surface area (Å²) >= 11 is 3.36. The lowest BCUT2D eigenvalue weighted by atomic mass is 10.2. The molecule has 2 aromatic rings. The Morgan fingerprint density at radius 3 is 2.65 bits per heavy atom. The van der Waals surface area contributed by atoms with Gasteiger partial charge in [-0.3, -0.25) is 0 Å². The molecule has 9 heteroatoms. The average Bonchev–Trinajstić information content (AvgIpc) is 3.12. The first-order valence-corrected chi connectivity index (χ1v) is 10.1. The molecule has 1 fully saturated rings. The van der Waals surface area contributed by atoms with E-state index in [4.69, 9.17) is 4.74 Å². The SMILES string of the molecule is COC(=O)c1ccc(S(=O)(=O)N2CC[C@@H](Oc3ncccc3Br)C2)cc1. The first-order chi connectivity index (χ1) is 12.4. The quantitative estimate of drug-likeness (QED) is 0.663. The first-order valence-electron chi connectivity index (χ1n) is 7.87. The lowest BCUT2D eigenvalue weighted by molar-refractivity contribution is 0.0600. The van der Waals surface area contributed by atoms with Gasteiger partial charge >= 0.3 is 5.97 Å². The van der Waals surface area contributed by atoms with Gasteiger partial charge in [-0.05, 0) is 58.7 Å². The topological polar surface area (TPSA) is 85.8 Å². The molecule has 2 heterocycles. The summed E-state index contributed by atoms with van der Waals surface area (Å²) in [4.78, 5) is 15.7. The normalized spacial score (nSPS) is 17.8. The number of aromatic nitrogens is 1. The Morgan fingerprint density at radius 2 is 2.00 bits per heavy atom. The van der Waals surface area contributed by atoms with Crippen molar-refractivity contribution in [3.63, 3.8) is 0 Å². The summed E-state index contributed by atoms with van der Waals surface area (Å²) in [5.74, 6) is -0.0660. The molecule has 0 radical (unpaired) electrons. The van der Waals surface area contributed by atoms with Crippen molar-refractivity contribution in [2.45, 2.75) is 17.4 Å². The second kappa shape index (κ2) is 7.73. The minimum Gasteiger partial charge on any atom is -0.472 e. The molecule has 0 unspecified atom stereocenters. The van der Waals surface area contributed by atoms with Gasteiger partial charge in [0.25, 0.3) is 0 Å². The smallest absolute Gasteiger partial charge is 0.337 e. The standard InChI is InChI=1S/C17H17BrN2O5S/c1-24-17(21)12-4-6-14(7-5-12)26(22,23)20-10-8-13(11-20)25-16-15(18)3-2-9-19-16/h2-7,9,13H,8,10-11H2,1H3/t13-/m1/s1. The number of esters is 1. The fourth-order valence-electron chi connectivity index (χ4n) is 2.66. The van der Waals surface area contributed by atoms with Crippen molar-refractivity contribution in [1.82, 2.24) is 9.29 Å². The number of ether oxygens (including phenoxy) is 2. The third-order valence-electron chi connectivity index (χ3n) is 4.02. The van der Waals surface area contributed by atoms with Crippen LogP contribution in [-0.2, 0) is 14.8 Å². The van der Waals surface area contributed by atoms with Crippen molar-refractivity contribution < 1.29 is 22.7 Å². The average molecular weight is 441 g/mol. The summed E-state index contributed by atoms with van der Waals surface area (Å²) in [7, 11) is -2.38. The molecule has 0 bridgehead atoms. The molecule has 0 spiro atoms. The van der Waals surface area contributed by atoms with Crippen LogP contribution in [0.2, 0.25) is 0 Å². The van der Waals surface area contributed by atoms with Crippen LogP contribution in [0.4, 0.5) is 0 Å². The van der Waals surface area contributed by atoms with Crippen molar-refractivity contribution >= 4 is 31.9 Å². The van der Waals surface area contributed by atoms with Crippen LogP contribution >= 0.6 is 15.9 Å². The second-order valence-corrected chi connectivity index (χ2v) is 8.49. The Hall–Kier alpha value is -1.97. The molecule has 138 valence electrons. The van der Waals surface area contributed by atoms with Gasteiger partial charge in [0.1, 0.15) is 6.10 Å². The monoisotopic (exact) mass is 440 g/mol. The lowest BCUT2D eigenvalue weighted by Gasteiger charge is -2.17. The zero-order valence-electron chi connectivity index (χ0n) is 14.0. The van der Waals surface area contributed by atoms with Gasteiger partial charge in [-0.1, -0.05) is 0 Å². The molecule has 1 aromatic heterocycles. The lowest BCUT2D eigenvalue weighted by Crippen LogP contribution is -2.31. The predicted octanol–water partition coefficient (Wildman–Crippen LogP) is 2.47. The van der Waals surface area contributed by atoms with Gasteiger partial charge in [-0.25, -0.2) is 18.2 Å². The van der Waals surface area contributed by atoms with E-state index in [0.717, 1.165) is 4.47 Å². The highest BCUT2D eigenvalue weighted by atomic mass is 79.9. The van der Waals surface area contributed by atoms with Crippen LogP contribution in [0.1, 0.15) is 16.8 Å². The molecule has 1 aliphatic heterocycles. The maximum atomic E-state index is 12.8. The van der Waals surface area contributed by atoms with Gasteiger partial charge in [0, 0.05) is 12.7 Å². The van der Waals surface area contributed by atoms with Crippen LogP contribution < -0.4 is 4.74 Å².